The van der Waals surface area contributed by atoms with E-state index in [0.29, 0.717) is 25.1 Å². The Morgan fingerprint density at radius 1 is 1.06 bits per heavy atom. The molecule has 0 unspecified atom stereocenters. The lowest BCUT2D eigenvalue weighted by molar-refractivity contribution is -0.139. The number of hydrogen-bond donors (Lipinski definition) is 1. The van der Waals surface area contributed by atoms with Gasteiger partial charge in [-0.05, 0) is 43.0 Å². The molecule has 0 heterocycles. The second kappa shape index (κ2) is 10.9. The van der Waals surface area contributed by atoms with Gasteiger partial charge in [0.2, 0.25) is 21.8 Å². The van der Waals surface area contributed by atoms with Gasteiger partial charge in [0.1, 0.15) is 12.6 Å². The van der Waals surface area contributed by atoms with E-state index >= 15 is 0 Å². The summed E-state index contributed by atoms with van der Waals surface area (Å²) in [5.74, 6) is -0.691. The van der Waals surface area contributed by atoms with Crippen LogP contribution in [0.4, 0.5) is 5.69 Å². The molecule has 0 saturated carbocycles. The van der Waals surface area contributed by atoms with Crippen LogP contribution in [0, 0.1) is 6.92 Å². The largest absolute Gasteiger partial charge is 0.357 e. The van der Waals surface area contributed by atoms with Crippen LogP contribution >= 0.6 is 0 Å². The number of nitrogens with one attached hydrogen (secondary N) is 1. The Morgan fingerprint density at radius 2 is 1.74 bits per heavy atom. The fourth-order valence-electron chi connectivity index (χ4n) is 3.46. The van der Waals surface area contributed by atoms with E-state index in [-0.39, 0.29) is 12.5 Å². The minimum absolute atomic E-state index is 0.273. The summed E-state index contributed by atoms with van der Waals surface area (Å²) in [4.78, 5) is 27.3. The third-order valence-electron chi connectivity index (χ3n) is 5.09. The van der Waals surface area contributed by atoms with Crippen molar-refractivity contribution in [3.05, 3.63) is 65.7 Å². The minimum atomic E-state index is -3.70. The van der Waals surface area contributed by atoms with Gasteiger partial charge in [0, 0.05) is 13.6 Å². The van der Waals surface area contributed by atoms with Crippen LogP contribution in [0.25, 0.3) is 0 Å². The average molecular weight is 446 g/mol. The zero-order valence-electron chi connectivity index (χ0n) is 18.5. The monoisotopic (exact) mass is 445 g/mol. The first-order valence-corrected chi connectivity index (χ1v) is 12.1. The molecule has 0 bridgehead atoms. The number of anilines is 1. The highest BCUT2D eigenvalue weighted by molar-refractivity contribution is 7.92. The van der Waals surface area contributed by atoms with Crippen molar-refractivity contribution in [1.82, 2.24) is 10.2 Å². The van der Waals surface area contributed by atoms with E-state index < -0.39 is 22.0 Å². The maximum Gasteiger partial charge on any atom is 0.244 e. The highest BCUT2D eigenvalue weighted by Gasteiger charge is 2.30. The predicted octanol–water partition coefficient (Wildman–Crippen LogP) is 2.36. The molecule has 2 rings (SSSR count). The number of rotatable bonds is 10. The van der Waals surface area contributed by atoms with Gasteiger partial charge in [-0.3, -0.25) is 13.9 Å². The molecule has 2 aromatic rings. The summed E-state index contributed by atoms with van der Waals surface area (Å²) in [6.07, 6.45) is 2.06. The fourth-order valence-corrected chi connectivity index (χ4v) is 4.30. The zero-order valence-corrected chi connectivity index (χ0v) is 19.4. The highest BCUT2D eigenvalue weighted by atomic mass is 32.2. The molecule has 0 aliphatic heterocycles. The van der Waals surface area contributed by atoms with Crippen LogP contribution in [-0.2, 0) is 26.0 Å². The quantitative estimate of drug-likeness (QED) is 0.608. The van der Waals surface area contributed by atoms with Crippen molar-refractivity contribution in [3.63, 3.8) is 0 Å². The second-order valence-corrected chi connectivity index (χ2v) is 9.38. The van der Waals surface area contributed by atoms with E-state index in [1.807, 2.05) is 50.2 Å². The van der Waals surface area contributed by atoms with Crippen molar-refractivity contribution >= 4 is 27.5 Å². The minimum Gasteiger partial charge on any atom is -0.357 e. The van der Waals surface area contributed by atoms with Crippen LogP contribution in [0.5, 0.6) is 0 Å². The lowest BCUT2D eigenvalue weighted by atomic mass is 10.1. The van der Waals surface area contributed by atoms with E-state index in [9.17, 15) is 18.0 Å². The molecule has 2 amide bonds. The molecule has 0 radical (unpaired) electrons. The maximum absolute atomic E-state index is 13.3. The first kappa shape index (κ1) is 24.4. The van der Waals surface area contributed by atoms with Crippen molar-refractivity contribution in [2.75, 3.05) is 30.7 Å². The van der Waals surface area contributed by atoms with Crippen molar-refractivity contribution in [2.24, 2.45) is 0 Å². The van der Waals surface area contributed by atoms with Gasteiger partial charge in [0.25, 0.3) is 0 Å². The summed E-state index contributed by atoms with van der Waals surface area (Å²) in [5.41, 5.74) is 2.34. The van der Waals surface area contributed by atoms with Gasteiger partial charge in [-0.1, -0.05) is 49.4 Å². The Hall–Kier alpha value is -2.87. The van der Waals surface area contributed by atoms with Gasteiger partial charge in [0.05, 0.1) is 11.9 Å². The highest BCUT2D eigenvalue weighted by Crippen LogP contribution is 2.20. The number of sulfonamides is 1. The number of carbonyl (C=O) groups excluding carboxylic acids is 2. The Labute approximate surface area is 185 Å². The van der Waals surface area contributed by atoms with Crippen LogP contribution in [0.1, 0.15) is 24.5 Å². The van der Waals surface area contributed by atoms with Crippen molar-refractivity contribution in [3.8, 4) is 0 Å². The number of likely N-dealkylation sites (N-methyl/N-ethyl adjacent to an activating group) is 1. The molecule has 7 nitrogen and oxygen atoms in total. The topological polar surface area (TPSA) is 86.8 Å². The Bertz CT molecular complexity index is 993. The molecular weight excluding hydrogens is 414 g/mol. The summed E-state index contributed by atoms with van der Waals surface area (Å²) < 4.78 is 26.1. The lowest BCUT2D eigenvalue weighted by Gasteiger charge is -2.32. The number of aryl methyl sites for hydroxylation is 1. The SMILES string of the molecule is CC[C@@H](C(=O)NC)N(CCc1ccccc1)C(=O)CN(c1cccc(C)c1)S(C)(=O)=O. The third kappa shape index (κ3) is 6.82. The first-order chi connectivity index (χ1) is 14.7. The molecule has 1 atom stereocenters. The molecule has 0 saturated heterocycles. The normalized spacial score (nSPS) is 12.1. The van der Waals surface area contributed by atoms with Gasteiger partial charge in [-0.15, -0.1) is 0 Å². The Morgan fingerprint density at radius 3 is 2.29 bits per heavy atom. The number of amides is 2. The van der Waals surface area contributed by atoms with Crippen LogP contribution in [0.2, 0.25) is 0 Å². The molecule has 0 spiro atoms. The lowest BCUT2D eigenvalue weighted by Crippen LogP contribution is -2.52. The Balaban J connectivity index is 2.33. The van der Waals surface area contributed by atoms with E-state index in [4.69, 9.17) is 0 Å². The molecule has 168 valence electrons. The molecular formula is C23H31N3O4S. The smallest absolute Gasteiger partial charge is 0.244 e. The summed E-state index contributed by atoms with van der Waals surface area (Å²) in [6, 6.07) is 16.0. The van der Waals surface area contributed by atoms with Gasteiger partial charge >= 0.3 is 0 Å². The fraction of sp³-hybridized carbons (Fsp3) is 0.391. The molecule has 0 aromatic heterocycles. The van der Waals surface area contributed by atoms with E-state index in [0.717, 1.165) is 21.7 Å². The molecule has 0 fully saturated rings. The number of benzene rings is 2. The summed E-state index contributed by atoms with van der Waals surface area (Å²) in [5, 5.41) is 2.61. The van der Waals surface area contributed by atoms with Crippen LogP contribution in [0.15, 0.2) is 54.6 Å². The van der Waals surface area contributed by atoms with Gasteiger partial charge < -0.3 is 10.2 Å². The van der Waals surface area contributed by atoms with Crippen molar-refractivity contribution in [2.45, 2.75) is 32.7 Å². The predicted molar refractivity (Wildman–Crippen MR) is 123 cm³/mol. The number of hydrogen-bond acceptors (Lipinski definition) is 4. The maximum atomic E-state index is 13.3. The third-order valence-corrected chi connectivity index (χ3v) is 6.23. The molecule has 2 aromatic carbocycles. The summed E-state index contributed by atoms with van der Waals surface area (Å²) in [7, 11) is -2.18. The van der Waals surface area contributed by atoms with Crippen molar-refractivity contribution in [1.29, 1.82) is 0 Å². The molecule has 8 heteroatoms. The molecule has 0 aliphatic rings. The summed E-state index contributed by atoms with van der Waals surface area (Å²) >= 11 is 0. The van der Waals surface area contributed by atoms with E-state index in [1.54, 1.807) is 18.2 Å². The number of carbonyl (C=O) groups is 2. The van der Waals surface area contributed by atoms with Crippen LogP contribution in [-0.4, -0.2) is 57.6 Å². The molecule has 0 aliphatic carbocycles. The van der Waals surface area contributed by atoms with Gasteiger partial charge in [-0.2, -0.15) is 0 Å². The van der Waals surface area contributed by atoms with Crippen LogP contribution in [0.3, 0.4) is 0 Å². The Kier molecular flexibility index (Phi) is 8.62. The van der Waals surface area contributed by atoms with Gasteiger partial charge in [0.15, 0.2) is 0 Å². The van der Waals surface area contributed by atoms with E-state index in [2.05, 4.69) is 5.32 Å². The van der Waals surface area contributed by atoms with Gasteiger partial charge in [-0.25, -0.2) is 8.42 Å². The number of nitrogens with zero attached hydrogens (tertiary/aromatic N) is 2. The second-order valence-electron chi connectivity index (χ2n) is 7.47. The van der Waals surface area contributed by atoms with E-state index in [1.165, 1.54) is 11.9 Å². The summed E-state index contributed by atoms with van der Waals surface area (Å²) in [6.45, 7) is 3.62. The average Bonchev–Trinajstić information content (AvgIpc) is 2.74. The van der Waals surface area contributed by atoms with Crippen molar-refractivity contribution < 1.29 is 18.0 Å². The molecule has 1 N–H and O–H groups in total. The first-order valence-electron chi connectivity index (χ1n) is 10.3. The molecule has 31 heavy (non-hydrogen) atoms. The van der Waals surface area contributed by atoms with Crippen LogP contribution < -0.4 is 9.62 Å². The zero-order chi connectivity index (χ0) is 23.0. The standard InChI is InChI=1S/C23H31N3O4S/c1-5-21(23(28)24-3)25(15-14-19-11-7-6-8-12-19)22(27)17-26(31(4,29)30)20-13-9-10-18(2)16-20/h6-13,16,21H,5,14-15,17H2,1-4H3,(H,24,28)/t21-/m0/s1.